The fourth-order valence-corrected chi connectivity index (χ4v) is 5.40. The van der Waals surface area contributed by atoms with Gasteiger partial charge in [0.2, 0.25) is 15.9 Å². The van der Waals surface area contributed by atoms with Crippen molar-refractivity contribution in [3.63, 3.8) is 0 Å². The quantitative estimate of drug-likeness (QED) is 0.542. The number of benzene rings is 3. The van der Waals surface area contributed by atoms with Crippen molar-refractivity contribution in [2.75, 3.05) is 27.3 Å². The summed E-state index contributed by atoms with van der Waals surface area (Å²) in [6.07, 6.45) is 1.80. The van der Waals surface area contributed by atoms with E-state index in [1.54, 1.807) is 32.4 Å². The minimum absolute atomic E-state index is 0.0387. The van der Waals surface area contributed by atoms with Crippen molar-refractivity contribution in [1.82, 2.24) is 9.62 Å². The average molecular weight is 469 g/mol. The zero-order valence-electron chi connectivity index (χ0n) is 18.8. The first-order chi connectivity index (χ1) is 15.9. The molecule has 3 aromatic rings. The second-order valence-corrected chi connectivity index (χ2v) is 9.78. The summed E-state index contributed by atoms with van der Waals surface area (Å²) in [7, 11) is -0.515. The lowest BCUT2D eigenvalue weighted by Gasteiger charge is -2.26. The molecule has 0 aliphatic carbocycles. The molecule has 1 atom stereocenters. The zero-order chi connectivity index (χ0) is 23.4. The second kappa shape index (κ2) is 9.80. The van der Waals surface area contributed by atoms with Crippen LogP contribution in [0.3, 0.4) is 0 Å². The van der Waals surface area contributed by atoms with Gasteiger partial charge in [0.05, 0.1) is 25.2 Å². The van der Waals surface area contributed by atoms with Gasteiger partial charge in [0.15, 0.2) is 0 Å². The number of sulfonamides is 1. The Morgan fingerprint density at radius 3 is 2.58 bits per heavy atom. The fraction of sp³-hybridized carbons (Fsp3) is 0.320. The molecule has 1 aliphatic rings. The molecule has 1 unspecified atom stereocenters. The van der Waals surface area contributed by atoms with E-state index in [9.17, 15) is 13.2 Å². The van der Waals surface area contributed by atoms with Crippen molar-refractivity contribution < 1.29 is 22.7 Å². The van der Waals surface area contributed by atoms with E-state index in [2.05, 4.69) is 4.72 Å². The van der Waals surface area contributed by atoms with Crippen LogP contribution in [-0.4, -0.2) is 46.5 Å². The number of amides is 1. The molecule has 1 N–H and O–H groups in total. The molecule has 4 rings (SSSR count). The molecule has 0 bridgehead atoms. The zero-order valence-corrected chi connectivity index (χ0v) is 19.6. The Labute approximate surface area is 194 Å². The number of hydrogen-bond acceptors (Lipinski definition) is 5. The molecule has 0 saturated carbocycles. The van der Waals surface area contributed by atoms with E-state index < -0.39 is 10.0 Å². The van der Waals surface area contributed by atoms with Gasteiger partial charge in [-0.3, -0.25) is 4.79 Å². The Balaban J connectivity index is 1.41. The molecule has 1 aliphatic heterocycles. The number of hydrogen-bond donors (Lipinski definition) is 1. The lowest BCUT2D eigenvalue weighted by Crippen LogP contribution is -2.34. The van der Waals surface area contributed by atoms with Gasteiger partial charge >= 0.3 is 0 Å². The van der Waals surface area contributed by atoms with Crippen molar-refractivity contribution in [3.8, 4) is 11.5 Å². The van der Waals surface area contributed by atoms with Crippen molar-refractivity contribution in [2.45, 2.75) is 30.2 Å². The lowest BCUT2D eigenvalue weighted by molar-refractivity contribution is -0.132. The molecule has 7 nitrogen and oxygen atoms in total. The largest absolute Gasteiger partial charge is 0.497 e. The van der Waals surface area contributed by atoms with Crippen LogP contribution in [0.4, 0.5) is 0 Å². The van der Waals surface area contributed by atoms with Gasteiger partial charge in [0.1, 0.15) is 11.5 Å². The SMILES string of the molecule is COc1ccc(C2CCCN2C(=O)CCNS(=O)(=O)c2ccc3ccccc3c2)c(OC)c1. The number of likely N-dealkylation sites (tertiary alicyclic amines) is 1. The smallest absolute Gasteiger partial charge is 0.240 e. The molecule has 0 spiro atoms. The van der Waals surface area contributed by atoms with Crippen LogP contribution in [0.25, 0.3) is 10.8 Å². The van der Waals surface area contributed by atoms with Gasteiger partial charge < -0.3 is 14.4 Å². The normalized spacial score (nSPS) is 16.2. The summed E-state index contributed by atoms with van der Waals surface area (Å²) in [5.74, 6) is 1.28. The van der Waals surface area contributed by atoms with E-state index in [0.717, 1.165) is 29.2 Å². The Morgan fingerprint density at radius 1 is 1.03 bits per heavy atom. The Morgan fingerprint density at radius 2 is 1.82 bits per heavy atom. The van der Waals surface area contributed by atoms with Crippen molar-refractivity contribution in [2.24, 2.45) is 0 Å². The van der Waals surface area contributed by atoms with Crippen molar-refractivity contribution in [3.05, 3.63) is 66.2 Å². The number of rotatable bonds is 8. The van der Waals surface area contributed by atoms with Crippen LogP contribution in [0.15, 0.2) is 65.6 Å². The molecule has 0 radical (unpaired) electrons. The van der Waals surface area contributed by atoms with E-state index in [1.165, 1.54) is 0 Å². The molecule has 3 aromatic carbocycles. The molecule has 1 saturated heterocycles. The molecule has 174 valence electrons. The minimum atomic E-state index is -3.71. The molecule has 0 aromatic heterocycles. The van der Waals surface area contributed by atoms with Crippen LogP contribution in [0, 0.1) is 0 Å². The van der Waals surface area contributed by atoms with E-state index >= 15 is 0 Å². The first-order valence-electron chi connectivity index (χ1n) is 10.9. The molecular weight excluding hydrogens is 440 g/mol. The number of fused-ring (bicyclic) bond motifs is 1. The van der Waals surface area contributed by atoms with Crippen LogP contribution in [0.1, 0.15) is 30.9 Å². The highest BCUT2D eigenvalue weighted by atomic mass is 32.2. The first-order valence-corrected chi connectivity index (χ1v) is 12.4. The molecule has 1 amide bonds. The Hall–Kier alpha value is -3.10. The standard InChI is InChI=1S/C25H28N2O5S/c1-31-20-10-12-22(24(17-20)32-2)23-8-5-15-27(23)25(28)13-14-26-33(29,30)21-11-9-18-6-3-4-7-19(18)16-21/h3-4,6-7,9-12,16-17,23,26H,5,8,13-15H2,1-2H3. The van der Waals surface area contributed by atoms with Gasteiger partial charge in [-0.05, 0) is 47.9 Å². The lowest BCUT2D eigenvalue weighted by atomic mass is 10.0. The highest BCUT2D eigenvalue weighted by Gasteiger charge is 2.32. The van der Waals surface area contributed by atoms with Crippen molar-refractivity contribution in [1.29, 1.82) is 0 Å². The monoisotopic (exact) mass is 468 g/mol. The Bertz CT molecular complexity index is 1260. The Kier molecular flexibility index (Phi) is 6.85. The predicted octanol–water partition coefficient (Wildman–Crippen LogP) is 3.89. The summed E-state index contributed by atoms with van der Waals surface area (Å²) in [5, 5.41) is 1.82. The number of ether oxygens (including phenoxy) is 2. The van der Waals surface area contributed by atoms with Gasteiger partial charge in [-0.25, -0.2) is 13.1 Å². The van der Waals surface area contributed by atoms with E-state index in [1.807, 2.05) is 47.4 Å². The van der Waals surface area contributed by atoms with E-state index in [-0.39, 0.29) is 29.8 Å². The van der Waals surface area contributed by atoms with E-state index in [4.69, 9.17) is 9.47 Å². The third-order valence-electron chi connectivity index (χ3n) is 6.03. The topological polar surface area (TPSA) is 84.9 Å². The predicted molar refractivity (Wildman–Crippen MR) is 127 cm³/mol. The molecular formula is C25H28N2O5S. The van der Waals surface area contributed by atoms with Gasteiger partial charge in [-0.15, -0.1) is 0 Å². The average Bonchev–Trinajstić information content (AvgIpc) is 3.33. The highest BCUT2D eigenvalue weighted by molar-refractivity contribution is 7.89. The van der Waals surface area contributed by atoms with Crippen LogP contribution in [-0.2, 0) is 14.8 Å². The van der Waals surface area contributed by atoms with Crippen LogP contribution in [0.5, 0.6) is 11.5 Å². The summed E-state index contributed by atoms with van der Waals surface area (Å²) >= 11 is 0. The van der Waals surface area contributed by atoms with Crippen LogP contribution < -0.4 is 14.2 Å². The first kappa shape index (κ1) is 23.1. The summed E-state index contributed by atoms with van der Waals surface area (Å²) < 4.78 is 38.9. The van der Waals surface area contributed by atoms with E-state index in [0.29, 0.717) is 18.0 Å². The van der Waals surface area contributed by atoms with Crippen LogP contribution in [0.2, 0.25) is 0 Å². The summed E-state index contributed by atoms with van der Waals surface area (Å²) in [5.41, 5.74) is 0.931. The third-order valence-corrected chi connectivity index (χ3v) is 7.49. The minimum Gasteiger partial charge on any atom is -0.497 e. The summed E-state index contributed by atoms with van der Waals surface area (Å²) in [6.45, 7) is 0.674. The fourth-order valence-electron chi connectivity index (χ4n) is 4.34. The number of carbonyl (C=O) groups excluding carboxylic acids is 1. The maximum Gasteiger partial charge on any atom is 0.240 e. The molecule has 1 fully saturated rings. The van der Waals surface area contributed by atoms with Gasteiger partial charge in [0, 0.05) is 31.1 Å². The third kappa shape index (κ3) is 4.96. The number of nitrogens with one attached hydrogen (secondary N) is 1. The summed E-state index contributed by atoms with van der Waals surface area (Å²) in [4.78, 5) is 15.0. The summed E-state index contributed by atoms with van der Waals surface area (Å²) in [6, 6.07) is 18.1. The number of nitrogens with zero attached hydrogens (tertiary/aromatic N) is 1. The highest BCUT2D eigenvalue weighted by Crippen LogP contribution is 2.38. The van der Waals surface area contributed by atoms with Crippen LogP contribution >= 0.6 is 0 Å². The van der Waals surface area contributed by atoms with Gasteiger partial charge in [0.25, 0.3) is 0 Å². The molecule has 1 heterocycles. The van der Waals surface area contributed by atoms with Gasteiger partial charge in [-0.2, -0.15) is 0 Å². The number of methoxy groups -OCH3 is 2. The maximum atomic E-state index is 13.0. The molecule has 33 heavy (non-hydrogen) atoms. The van der Waals surface area contributed by atoms with Gasteiger partial charge in [-0.1, -0.05) is 30.3 Å². The maximum absolute atomic E-state index is 13.0. The van der Waals surface area contributed by atoms with Crippen molar-refractivity contribution >= 4 is 26.7 Å². The number of carbonyl (C=O) groups is 1. The second-order valence-electron chi connectivity index (χ2n) is 8.01. The molecule has 8 heteroatoms.